The number of carbonyl (C=O) groups is 2. The fourth-order valence-corrected chi connectivity index (χ4v) is 3.96. The summed E-state index contributed by atoms with van der Waals surface area (Å²) in [4.78, 5) is 36.5. The molecule has 2 atom stereocenters. The van der Waals surface area contributed by atoms with Crippen molar-refractivity contribution in [1.82, 2.24) is 14.9 Å². The molecule has 0 spiro atoms. The zero-order chi connectivity index (χ0) is 20.1. The second kappa shape index (κ2) is 8.95. The van der Waals surface area contributed by atoms with Gasteiger partial charge in [0.25, 0.3) is 5.91 Å². The third-order valence-electron chi connectivity index (χ3n) is 5.26. The molecule has 0 N–H and O–H groups in total. The molecule has 0 bridgehead atoms. The monoisotopic (exact) mass is 381 g/mol. The number of carbonyl (C=O) groups excluding carboxylic acids is 2. The highest BCUT2D eigenvalue weighted by Crippen LogP contribution is 2.31. The predicted octanol–water partition coefficient (Wildman–Crippen LogP) is 3.65. The lowest BCUT2D eigenvalue weighted by Gasteiger charge is -2.40. The number of esters is 1. The molecule has 1 aromatic heterocycles. The van der Waals surface area contributed by atoms with Gasteiger partial charge >= 0.3 is 5.97 Å². The molecule has 1 fully saturated rings. The van der Waals surface area contributed by atoms with Crippen LogP contribution in [-0.4, -0.2) is 45.9 Å². The molecule has 1 saturated heterocycles. The van der Waals surface area contributed by atoms with Crippen LogP contribution < -0.4 is 0 Å². The number of likely N-dealkylation sites (tertiary alicyclic amines) is 1. The van der Waals surface area contributed by atoms with Crippen molar-refractivity contribution in [2.75, 3.05) is 13.2 Å². The van der Waals surface area contributed by atoms with Crippen molar-refractivity contribution in [1.29, 1.82) is 0 Å². The molecule has 148 valence electrons. The summed E-state index contributed by atoms with van der Waals surface area (Å²) in [5.74, 6) is -0.0311. The molecular weight excluding hydrogens is 354 g/mol. The summed E-state index contributed by atoms with van der Waals surface area (Å²) in [7, 11) is 0. The van der Waals surface area contributed by atoms with Crippen molar-refractivity contribution in [3.63, 3.8) is 0 Å². The molecule has 1 unspecified atom stereocenters. The van der Waals surface area contributed by atoms with E-state index in [1.165, 1.54) is 0 Å². The number of rotatable bonds is 5. The number of ether oxygens (including phenoxy) is 1. The molecule has 0 aliphatic carbocycles. The molecule has 1 amide bonds. The van der Waals surface area contributed by atoms with E-state index in [0.29, 0.717) is 36.5 Å². The van der Waals surface area contributed by atoms with Crippen LogP contribution in [0.1, 0.15) is 49.0 Å². The van der Waals surface area contributed by atoms with Gasteiger partial charge in [-0.3, -0.25) is 9.59 Å². The average molecular weight is 381 g/mol. The summed E-state index contributed by atoms with van der Waals surface area (Å²) in [5, 5.41) is 0. The molecule has 0 radical (unpaired) electrons. The van der Waals surface area contributed by atoms with Gasteiger partial charge in [0, 0.05) is 30.5 Å². The Kier molecular flexibility index (Phi) is 6.39. The average Bonchev–Trinajstić information content (AvgIpc) is 2.73. The summed E-state index contributed by atoms with van der Waals surface area (Å²) in [6.07, 6.45) is 5.59. The highest BCUT2D eigenvalue weighted by molar-refractivity contribution is 6.00. The molecule has 3 rings (SSSR count). The maximum atomic E-state index is 13.6. The van der Waals surface area contributed by atoms with Crippen LogP contribution in [0.15, 0.2) is 36.7 Å². The molecule has 0 saturated carbocycles. The Labute approximate surface area is 165 Å². The summed E-state index contributed by atoms with van der Waals surface area (Å²) in [5.41, 5.74) is 2.29. The number of hydrogen-bond donors (Lipinski definition) is 0. The third kappa shape index (κ3) is 4.06. The molecule has 6 nitrogen and oxygen atoms in total. The van der Waals surface area contributed by atoms with Gasteiger partial charge in [0.05, 0.1) is 18.1 Å². The van der Waals surface area contributed by atoms with Gasteiger partial charge < -0.3 is 9.64 Å². The van der Waals surface area contributed by atoms with Gasteiger partial charge in [0.15, 0.2) is 5.82 Å². The standard InChI is InChI=1S/C22H27N3O3/c1-4-19-17(22(27)28-5-2)8-6-13-25(19)21(26)18-14-15(3)9-10-16(18)20-23-11-7-12-24-20/h7,9-12,14,17,19H,4-6,8,13H2,1-3H3/t17-,19?/m0/s1. The van der Waals surface area contributed by atoms with Gasteiger partial charge in [-0.05, 0) is 45.2 Å². The van der Waals surface area contributed by atoms with Crippen LogP contribution in [-0.2, 0) is 9.53 Å². The maximum absolute atomic E-state index is 13.6. The Bertz CT molecular complexity index is 838. The normalized spacial score (nSPS) is 19.3. The molecule has 1 aliphatic heterocycles. The second-order valence-corrected chi connectivity index (χ2v) is 7.10. The van der Waals surface area contributed by atoms with E-state index in [1.807, 2.05) is 43.9 Å². The number of amides is 1. The lowest BCUT2D eigenvalue weighted by Crippen LogP contribution is -2.50. The lowest BCUT2D eigenvalue weighted by molar-refractivity contribution is -0.151. The molecule has 1 aromatic carbocycles. The molecule has 28 heavy (non-hydrogen) atoms. The van der Waals surface area contributed by atoms with Crippen LogP contribution in [0.25, 0.3) is 11.4 Å². The minimum atomic E-state index is -0.274. The van der Waals surface area contributed by atoms with Crippen LogP contribution >= 0.6 is 0 Å². The SMILES string of the molecule is CCOC(=O)[C@H]1CCCN(C(=O)c2cc(C)ccc2-c2ncccn2)C1CC. The Morgan fingerprint density at radius 2 is 1.96 bits per heavy atom. The van der Waals surface area contributed by atoms with Crippen LogP contribution in [0.3, 0.4) is 0 Å². The number of benzene rings is 1. The summed E-state index contributed by atoms with van der Waals surface area (Å²) >= 11 is 0. The van der Waals surface area contributed by atoms with E-state index in [0.717, 1.165) is 18.4 Å². The molecule has 2 aromatic rings. The Balaban J connectivity index is 1.97. The molecule has 1 aliphatic rings. The van der Waals surface area contributed by atoms with Crippen molar-refractivity contribution in [3.05, 3.63) is 47.8 Å². The first-order chi connectivity index (χ1) is 13.6. The number of piperidine rings is 1. The fourth-order valence-electron chi connectivity index (χ4n) is 3.96. The van der Waals surface area contributed by atoms with Gasteiger partial charge in [-0.15, -0.1) is 0 Å². The van der Waals surface area contributed by atoms with Crippen LogP contribution in [0.2, 0.25) is 0 Å². The summed E-state index contributed by atoms with van der Waals surface area (Å²) in [6, 6.07) is 7.32. The topological polar surface area (TPSA) is 72.4 Å². The Morgan fingerprint density at radius 1 is 1.21 bits per heavy atom. The van der Waals surface area contributed by atoms with Gasteiger partial charge in [-0.2, -0.15) is 0 Å². The number of aromatic nitrogens is 2. The van der Waals surface area contributed by atoms with E-state index < -0.39 is 0 Å². The fraction of sp³-hybridized carbons (Fsp3) is 0.455. The zero-order valence-corrected chi connectivity index (χ0v) is 16.7. The quantitative estimate of drug-likeness (QED) is 0.739. The van der Waals surface area contributed by atoms with Gasteiger partial charge in [-0.25, -0.2) is 9.97 Å². The predicted molar refractivity (Wildman–Crippen MR) is 107 cm³/mol. The Hall–Kier alpha value is -2.76. The summed E-state index contributed by atoms with van der Waals surface area (Å²) < 4.78 is 5.26. The summed E-state index contributed by atoms with van der Waals surface area (Å²) in [6.45, 7) is 6.77. The second-order valence-electron chi connectivity index (χ2n) is 7.10. The lowest BCUT2D eigenvalue weighted by atomic mass is 9.86. The first-order valence-corrected chi connectivity index (χ1v) is 9.92. The number of nitrogens with zero attached hydrogens (tertiary/aromatic N) is 3. The highest BCUT2D eigenvalue weighted by Gasteiger charge is 2.38. The number of aryl methyl sites for hydroxylation is 1. The minimum absolute atomic E-state index is 0.0769. The zero-order valence-electron chi connectivity index (χ0n) is 16.7. The van der Waals surface area contributed by atoms with Gasteiger partial charge in [0.2, 0.25) is 0 Å². The van der Waals surface area contributed by atoms with E-state index >= 15 is 0 Å². The first kappa shape index (κ1) is 20.0. The highest BCUT2D eigenvalue weighted by atomic mass is 16.5. The van der Waals surface area contributed by atoms with Crippen molar-refractivity contribution >= 4 is 11.9 Å². The Morgan fingerprint density at radius 3 is 2.64 bits per heavy atom. The van der Waals surface area contributed by atoms with E-state index in [2.05, 4.69) is 9.97 Å². The van der Waals surface area contributed by atoms with Crippen LogP contribution in [0, 0.1) is 12.8 Å². The largest absolute Gasteiger partial charge is 0.466 e. The number of hydrogen-bond acceptors (Lipinski definition) is 5. The van der Waals surface area contributed by atoms with E-state index in [9.17, 15) is 9.59 Å². The van der Waals surface area contributed by atoms with Crippen LogP contribution in [0.5, 0.6) is 0 Å². The third-order valence-corrected chi connectivity index (χ3v) is 5.26. The molecule has 2 heterocycles. The molecule has 6 heteroatoms. The first-order valence-electron chi connectivity index (χ1n) is 9.92. The van der Waals surface area contributed by atoms with E-state index in [-0.39, 0.29) is 23.8 Å². The smallest absolute Gasteiger partial charge is 0.311 e. The van der Waals surface area contributed by atoms with Crippen molar-refractivity contribution in [3.8, 4) is 11.4 Å². The van der Waals surface area contributed by atoms with Crippen molar-refractivity contribution in [2.24, 2.45) is 5.92 Å². The van der Waals surface area contributed by atoms with Crippen molar-refractivity contribution < 1.29 is 14.3 Å². The van der Waals surface area contributed by atoms with E-state index in [4.69, 9.17) is 4.74 Å². The van der Waals surface area contributed by atoms with Crippen molar-refractivity contribution in [2.45, 2.75) is 46.1 Å². The molecular formula is C22H27N3O3. The van der Waals surface area contributed by atoms with Gasteiger partial charge in [0.1, 0.15) is 0 Å². The van der Waals surface area contributed by atoms with Crippen LogP contribution in [0.4, 0.5) is 0 Å². The van der Waals surface area contributed by atoms with E-state index in [1.54, 1.807) is 18.5 Å². The maximum Gasteiger partial charge on any atom is 0.311 e. The minimum Gasteiger partial charge on any atom is -0.466 e. The van der Waals surface area contributed by atoms with Gasteiger partial charge in [-0.1, -0.05) is 24.6 Å².